The summed E-state index contributed by atoms with van der Waals surface area (Å²) in [7, 11) is 0. The van der Waals surface area contributed by atoms with E-state index < -0.39 is 0 Å². The zero-order valence-electron chi connectivity index (χ0n) is 10.5. The molecule has 3 aromatic rings. The maximum atomic E-state index is 4.60. The van der Waals surface area contributed by atoms with Gasteiger partial charge >= 0.3 is 0 Å². The fourth-order valence-corrected chi connectivity index (χ4v) is 3.84. The zero-order chi connectivity index (χ0) is 13.4. The molecule has 0 amide bonds. The number of benzene rings is 1. The molecule has 1 unspecified atom stereocenters. The van der Waals surface area contributed by atoms with Crippen LogP contribution in [-0.2, 0) is 0 Å². The molecule has 0 aliphatic heterocycles. The van der Waals surface area contributed by atoms with Gasteiger partial charge in [0.15, 0.2) is 5.13 Å². The highest BCUT2D eigenvalue weighted by Crippen LogP contribution is 2.31. The standard InChI is InChI=1S/C13H12BrN3S2/c1-7-6-15-12(18-7)8(2)16-13-17-10-5-9(14)3-4-11(10)19-13/h3-6,8H,1-2H3,(H,16,17). The van der Waals surface area contributed by atoms with Crippen molar-refractivity contribution in [2.45, 2.75) is 19.9 Å². The van der Waals surface area contributed by atoms with Crippen LogP contribution in [0.5, 0.6) is 0 Å². The SMILES string of the molecule is Cc1cnc(C(C)Nc2nc3cc(Br)ccc3s2)s1. The molecule has 0 saturated carbocycles. The Kier molecular flexibility index (Phi) is 3.56. The van der Waals surface area contributed by atoms with E-state index in [1.54, 1.807) is 22.7 Å². The second-order valence-corrected chi connectivity index (χ2v) is 7.52. The summed E-state index contributed by atoms with van der Waals surface area (Å²) in [4.78, 5) is 10.2. The Morgan fingerprint density at radius 2 is 2.16 bits per heavy atom. The van der Waals surface area contributed by atoms with Crippen molar-refractivity contribution in [1.29, 1.82) is 0 Å². The number of nitrogens with zero attached hydrogens (tertiary/aromatic N) is 2. The maximum Gasteiger partial charge on any atom is 0.184 e. The number of rotatable bonds is 3. The van der Waals surface area contributed by atoms with Gasteiger partial charge < -0.3 is 5.32 Å². The molecule has 0 bridgehead atoms. The monoisotopic (exact) mass is 353 g/mol. The highest BCUT2D eigenvalue weighted by atomic mass is 79.9. The molecule has 1 aromatic carbocycles. The predicted molar refractivity (Wildman–Crippen MR) is 86.2 cm³/mol. The quantitative estimate of drug-likeness (QED) is 0.720. The number of hydrogen-bond acceptors (Lipinski definition) is 5. The van der Waals surface area contributed by atoms with Crippen LogP contribution in [0.1, 0.15) is 22.9 Å². The fraction of sp³-hybridized carbons (Fsp3) is 0.231. The molecule has 1 N–H and O–H groups in total. The third-order valence-corrected chi connectivity index (χ3v) is 5.26. The molecule has 0 aliphatic rings. The van der Waals surface area contributed by atoms with E-state index >= 15 is 0 Å². The summed E-state index contributed by atoms with van der Waals surface area (Å²) in [6.45, 7) is 4.18. The second kappa shape index (κ2) is 5.19. The Hall–Kier alpha value is -0.980. The Balaban J connectivity index is 1.85. The Morgan fingerprint density at radius 3 is 2.89 bits per heavy atom. The molecule has 0 fully saturated rings. The van der Waals surface area contributed by atoms with Gasteiger partial charge in [-0.1, -0.05) is 27.3 Å². The van der Waals surface area contributed by atoms with Crippen LogP contribution in [0.15, 0.2) is 28.9 Å². The Labute approximate surface area is 127 Å². The van der Waals surface area contributed by atoms with Crippen LogP contribution in [0.4, 0.5) is 5.13 Å². The summed E-state index contributed by atoms with van der Waals surface area (Å²) in [6, 6.07) is 6.34. The second-order valence-electron chi connectivity index (χ2n) is 4.31. The van der Waals surface area contributed by atoms with E-state index in [1.807, 2.05) is 18.3 Å². The van der Waals surface area contributed by atoms with Gasteiger partial charge in [-0.05, 0) is 32.0 Å². The first-order valence-electron chi connectivity index (χ1n) is 5.87. The number of anilines is 1. The average Bonchev–Trinajstić information content (AvgIpc) is 2.94. The van der Waals surface area contributed by atoms with Crippen molar-refractivity contribution in [1.82, 2.24) is 9.97 Å². The third-order valence-electron chi connectivity index (χ3n) is 2.70. The summed E-state index contributed by atoms with van der Waals surface area (Å²) in [6.07, 6.45) is 1.91. The molecule has 2 aromatic heterocycles. The minimum Gasteiger partial charge on any atom is -0.353 e. The predicted octanol–water partition coefficient (Wildman–Crippen LogP) is 5.00. The first-order chi connectivity index (χ1) is 9.11. The summed E-state index contributed by atoms with van der Waals surface area (Å²) in [5, 5.41) is 5.45. The molecule has 1 atom stereocenters. The Morgan fingerprint density at radius 1 is 1.32 bits per heavy atom. The first-order valence-corrected chi connectivity index (χ1v) is 8.29. The molecule has 19 heavy (non-hydrogen) atoms. The molecule has 2 heterocycles. The number of nitrogens with one attached hydrogen (secondary N) is 1. The van der Waals surface area contributed by atoms with Crippen molar-refractivity contribution in [3.8, 4) is 0 Å². The lowest BCUT2D eigenvalue weighted by Crippen LogP contribution is -2.05. The molecule has 3 nitrogen and oxygen atoms in total. The van der Waals surface area contributed by atoms with Gasteiger partial charge in [0.1, 0.15) is 5.01 Å². The minimum atomic E-state index is 0.183. The average molecular weight is 354 g/mol. The van der Waals surface area contributed by atoms with E-state index in [0.717, 1.165) is 20.1 Å². The highest BCUT2D eigenvalue weighted by Gasteiger charge is 2.12. The van der Waals surface area contributed by atoms with Gasteiger partial charge in [-0.15, -0.1) is 11.3 Å². The van der Waals surface area contributed by atoms with E-state index in [9.17, 15) is 0 Å². The van der Waals surface area contributed by atoms with Crippen LogP contribution in [0.25, 0.3) is 10.2 Å². The molecule has 0 saturated heterocycles. The third kappa shape index (κ3) is 2.80. The van der Waals surface area contributed by atoms with Crippen LogP contribution in [0, 0.1) is 6.92 Å². The van der Waals surface area contributed by atoms with E-state index in [1.165, 1.54) is 9.58 Å². The van der Waals surface area contributed by atoms with Crippen LogP contribution in [-0.4, -0.2) is 9.97 Å². The van der Waals surface area contributed by atoms with Gasteiger partial charge in [0.2, 0.25) is 0 Å². The van der Waals surface area contributed by atoms with Gasteiger partial charge in [-0.2, -0.15) is 0 Å². The van der Waals surface area contributed by atoms with Crippen molar-refractivity contribution in [2.75, 3.05) is 5.32 Å². The number of hydrogen-bond donors (Lipinski definition) is 1. The van der Waals surface area contributed by atoms with E-state index in [0.29, 0.717) is 0 Å². The van der Waals surface area contributed by atoms with Crippen LogP contribution in [0.2, 0.25) is 0 Å². The van der Waals surface area contributed by atoms with Gasteiger partial charge in [0.25, 0.3) is 0 Å². The molecular weight excluding hydrogens is 342 g/mol. The number of thiazole rings is 2. The number of aryl methyl sites for hydroxylation is 1. The Bertz CT molecular complexity index is 720. The minimum absolute atomic E-state index is 0.183. The zero-order valence-corrected chi connectivity index (χ0v) is 13.7. The van der Waals surface area contributed by atoms with Crippen molar-refractivity contribution in [3.05, 3.63) is 38.8 Å². The van der Waals surface area contributed by atoms with Gasteiger partial charge in [-0.25, -0.2) is 9.97 Å². The highest BCUT2D eigenvalue weighted by molar-refractivity contribution is 9.10. The molecule has 6 heteroatoms. The van der Waals surface area contributed by atoms with E-state index in [2.05, 4.69) is 51.1 Å². The summed E-state index contributed by atoms with van der Waals surface area (Å²) >= 11 is 6.86. The first kappa shape index (κ1) is 13.0. The van der Waals surface area contributed by atoms with E-state index in [4.69, 9.17) is 0 Å². The lowest BCUT2D eigenvalue weighted by molar-refractivity contribution is 0.868. The lowest BCUT2D eigenvalue weighted by atomic mass is 10.3. The van der Waals surface area contributed by atoms with Crippen molar-refractivity contribution in [3.63, 3.8) is 0 Å². The van der Waals surface area contributed by atoms with Crippen LogP contribution in [0.3, 0.4) is 0 Å². The summed E-state index contributed by atoms with van der Waals surface area (Å²) in [5.74, 6) is 0. The summed E-state index contributed by atoms with van der Waals surface area (Å²) in [5.41, 5.74) is 1.02. The summed E-state index contributed by atoms with van der Waals surface area (Å²) < 4.78 is 2.24. The number of halogens is 1. The number of fused-ring (bicyclic) bond motifs is 1. The van der Waals surface area contributed by atoms with Crippen LogP contribution < -0.4 is 5.32 Å². The molecule has 0 aliphatic carbocycles. The smallest absolute Gasteiger partial charge is 0.184 e. The number of aromatic nitrogens is 2. The van der Waals surface area contributed by atoms with Gasteiger partial charge in [-0.3, -0.25) is 0 Å². The van der Waals surface area contributed by atoms with Gasteiger partial charge in [0.05, 0.1) is 16.3 Å². The molecular formula is C13H12BrN3S2. The van der Waals surface area contributed by atoms with Crippen molar-refractivity contribution < 1.29 is 0 Å². The molecule has 3 rings (SSSR count). The normalized spacial score (nSPS) is 12.8. The molecule has 98 valence electrons. The topological polar surface area (TPSA) is 37.8 Å². The van der Waals surface area contributed by atoms with Crippen LogP contribution >= 0.6 is 38.6 Å². The lowest BCUT2D eigenvalue weighted by Gasteiger charge is -2.08. The van der Waals surface area contributed by atoms with Gasteiger partial charge in [0, 0.05) is 15.5 Å². The fourth-order valence-electron chi connectivity index (χ4n) is 1.78. The van der Waals surface area contributed by atoms with E-state index in [-0.39, 0.29) is 6.04 Å². The van der Waals surface area contributed by atoms with Crippen molar-refractivity contribution in [2.24, 2.45) is 0 Å². The molecule has 0 radical (unpaired) electrons. The maximum absolute atomic E-state index is 4.60. The largest absolute Gasteiger partial charge is 0.353 e. The van der Waals surface area contributed by atoms with Crippen molar-refractivity contribution >= 4 is 54.0 Å². The molecule has 0 spiro atoms.